The quantitative estimate of drug-likeness (QED) is 0.649. The van der Waals surface area contributed by atoms with E-state index in [-0.39, 0.29) is 29.3 Å². The summed E-state index contributed by atoms with van der Waals surface area (Å²) in [6.07, 6.45) is 4.78. The molecule has 2 aromatic rings. The van der Waals surface area contributed by atoms with Gasteiger partial charge in [0.05, 0.1) is 24.0 Å². The minimum atomic E-state index is -0.130. The summed E-state index contributed by atoms with van der Waals surface area (Å²) >= 11 is 6.26. The van der Waals surface area contributed by atoms with Crippen molar-refractivity contribution in [2.45, 2.75) is 58.0 Å². The normalized spacial score (nSPS) is 18.5. The summed E-state index contributed by atoms with van der Waals surface area (Å²) in [6, 6.07) is 3.61. The number of pyridine rings is 1. The minimum absolute atomic E-state index is 0.0555. The van der Waals surface area contributed by atoms with Crippen LogP contribution >= 0.6 is 11.6 Å². The second kappa shape index (κ2) is 10.5. The zero-order valence-electron chi connectivity index (χ0n) is 20.9. The van der Waals surface area contributed by atoms with Crippen molar-refractivity contribution in [2.75, 3.05) is 33.3 Å². The van der Waals surface area contributed by atoms with Crippen LogP contribution in [0.25, 0.3) is 11.3 Å². The summed E-state index contributed by atoms with van der Waals surface area (Å²) in [4.78, 5) is 34.2. The fraction of sp³-hybridized carbons (Fsp3) is 0.600. The van der Waals surface area contributed by atoms with E-state index in [2.05, 4.69) is 46.2 Å². The monoisotopic (exact) mass is 502 g/mol. The van der Waals surface area contributed by atoms with Crippen molar-refractivity contribution in [1.29, 1.82) is 0 Å². The van der Waals surface area contributed by atoms with Crippen molar-refractivity contribution in [3.63, 3.8) is 0 Å². The summed E-state index contributed by atoms with van der Waals surface area (Å²) in [5, 5.41) is 10.8. The molecule has 0 radical (unpaired) electrons. The molecule has 190 valence electrons. The zero-order chi connectivity index (χ0) is 25.2. The third-order valence-corrected chi connectivity index (χ3v) is 7.37. The molecule has 4 rings (SSSR count). The number of likely N-dealkylation sites (tertiary alicyclic amines) is 2. The highest BCUT2D eigenvalue weighted by molar-refractivity contribution is 6.33. The van der Waals surface area contributed by atoms with Crippen molar-refractivity contribution in [3.8, 4) is 17.1 Å². The summed E-state index contributed by atoms with van der Waals surface area (Å²) in [5.74, 6) is 0.353. The van der Waals surface area contributed by atoms with E-state index in [0.717, 1.165) is 25.9 Å². The highest BCUT2D eigenvalue weighted by Crippen LogP contribution is 2.29. The van der Waals surface area contributed by atoms with Gasteiger partial charge in [-0.25, -0.2) is 4.98 Å². The number of H-pyrrole nitrogens is 1. The summed E-state index contributed by atoms with van der Waals surface area (Å²) in [7, 11) is 1.53. The van der Waals surface area contributed by atoms with Crippen LogP contribution in [-0.2, 0) is 4.79 Å². The molecule has 2 aliphatic rings. The number of ether oxygens (including phenoxy) is 1. The van der Waals surface area contributed by atoms with Crippen LogP contribution in [0.5, 0.6) is 5.88 Å². The number of rotatable bonds is 5. The largest absolute Gasteiger partial charge is 0.481 e. The number of carbonyl (C=O) groups excluding carboxylic acids is 2. The molecule has 2 saturated heterocycles. The smallest absolute Gasteiger partial charge is 0.271 e. The zero-order valence-corrected chi connectivity index (χ0v) is 21.7. The maximum atomic E-state index is 13.0. The van der Waals surface area contributed by atoms with Gasteiger partial charge in [0.1, 0.15) is 5.69 Å². The summed E-state index contributed by atoms with van der Waals surface area (Å²) in [6.45, 7) is 9.79. The van der Waals surface area contributed by atoms with Gasteiger partial charge in [0.15, 0.2) is 0 Å². The molecule has 0 bridgehead atoms. The first kappa shape index (κ1) is 25.4. The number of nitrogens with zero attached hydrogens (tertiary/aromatic N) is 4. The van der Waals surface area contributed by atoms with Crippen LogP contribution < -0.4 is 10.1 Å². The van der Waals surface area contributed by atoms with Gasteiger partial charge in [0, 0.05) is 55.3 Å². The molecule has 2 amide bonds. The Hall–Kier alpha value is -2.65. The number of methoxy groups -OCH3 is 1. The molecule has 0 atom stereocenters. The van der Waals surface area contributed by atoms with Crippen LogP contribution in [-0.4, -0.2) is 81.7 Å². The Kier molecular flexibility index (Phi) is 7.66. The number of nitrogens with one attached hydrogen (secondary N) is 2. The molecule has 9 nitrogen and oxygen atoms in total. The van der Waals surface area contributed by atoms with Gasteiger partial charge in [-0.3, -0.25) is 19.6 Å². The number of hydrogen-bond acceptors (Lipinski definition) is 6. The Morgan fingerprint density at radius 3 is 2.43 bits per heavy atom. The topological polar surface area (TPSA) is 103 Å². The Labute approximate surface area is 211 Å². The van der Waals surface area contributed by atoms with E-state index in [1.165, 1.54) is 13.3 Å². The van der Waals surface area contributed by atoms with E-state index in [1.807, 2.05) is 0 Å². The van der Waals surface area contributed by atoms with Gasteiger partial charge in [-0.05, 0) is 52.5 Å². The molecule has 2 aromatic heterocycles. The van der Waals surface area contributed by atoms with E-state index in [0.29, 0.717) is 53.8 Å². The van der Waals surface area contributed by atoms with Crippen LogP contribution in [0.3, 0.4) is 0 Å². The fourth-order valence-electron chi connectivity index (χ4n) is 4.83. The average Bonchev–Trinajstić information content (AvgIpc) is 3.34. The van der Waals surface area contributed by atoms with Crippen molar-refractivity contribution >= 4 is 23.4 Å². The first-order chi connectivity index (χ1) is 16.7. The van der Waals surface area contributed by atoms with Gasteiger partial charge >= 0.3 is 0 Å². The number of halogens is 1. The van der Waals surface area contributed by atoms with E-state index < -0.39 is 0 Å². The van der Waals surface area contributed by atoms with Crippen LogP contribution in [0.15, 0.2) is 18.3 Å². The van der Waals surface area contributed by atoms with Gasteiger partial charge in [-0.2, -0.15) is 5.10 Å². The fourth-order valence-corrected chi connectivity index (χ4v) is 5.03. The van der Waals surface area contributed by atoms with Crippen molar-refractivity contribution in [2.24, 2.45) is 5.92 Å². The molecule has 4 heterocycles. The Morgan fingerprint density at radius 2 is 1.80 bits per heavy atom. The van der Waals surface area contributed by atoms with Crippen LogP contribution in [0, 0.1) is 5.92 Å². The van der Waals surface area contributed by atoms with Gasteiger partial charge in [0.2, 0.25) is 11.8 Å². The predicted octanol–water partition coefficient (Wildman–Crippen LogP) is 3.37. The molecule has 10 heteroatoms. The third-order valence-electron chi connectivity index (χ3n) is 7.07. The van der Waals surface area contributed by atoms with Gasteiger partial charge in [-0.1, -0.05) is 11.6 Å². The Bertz CT molecular complexity index is 1050. The number of piperidine rings is 2. The van der Waals surface area contributed by atoms with Crippen molar-refractivity contribution in [3.05, 3.63) is 29.0 Å². The number of aromatic nitrogens is 3. The molecule has 2 aliphatic heterocycles. The molecule has 35 heavy (non-hydrogen) atoms. The van der Waals surface area contributed by atoms with Gasteiger partial charge in [0.25, 0.3) is 5.91 Å². The first-order valence-electron chi connectivity index (χ1n) is 12.3. The molecule has 2 N–H and O–H groups in total. The highest BCUT2D eigenvalue weighted by atomic mass is 35.5. The maximum absolute atomic E-state index is 13.0. The summed E-state index contributed by atoms with van der Waals surface area (Å²) < 4.78 is 5.16. The molecule has 2 fully saturated rings. The lowest BCUT2D eigenvalue weighted by Gasteiger charge is -2.41. The van der Waals surface area contributed by atoms with E-state index in [9.17, 15) is 9.59 Å². The lowest BCUT2D eigenvalue weighted by Crippen LogP contribution is -2.52. The molecule has 0 spiro atoms. The van der Waals surface area contributed by atoms with Crippen molar-refractivity contribution in [1.82, 2.24) is 30.3 Å². The second-order valence-corrected chi connectivity index (χ2v) is 10.8. The number of hydrogen-bond donors (Lipinski definition) is 2. The van der Waals surface area contributed by atoms with Crippen molar-refractivity contribution < 1.29 is 14.3 Å². The molecule has 0 aliphatic carbocycles. The number of carbonyl (C=O) groups is 2. The van der Waals surface area contributed by atoms with Crippen LogP contribution in [0.1, 0.15) is 56.9 Å². The van der Waals surface area contributed by atoms with E-state index in [4.69, 9.17) is 16.3 Å². The maximum Gasteiger partial charge on any atom is 0.271 e. The van der Waals surface area contributed by atoms with Crippen LogP contribution in [0.4, 0.5) is 0 Å². The highest BCUT2D eigenvalue weighted by Gasteiger charge is 2.32. The minimum Gasteiger partial charge on any atom is -0.481 e. The van der Waals surface area contributed by atoms with E-state index >= 15 is 0 Å². The summed E-state index contributed by atoms with van der Waals surface area (Å²) in [5.41, 5.74) is 1.74. The third kappa shape index (κ3) is 5.95. The molecular weight excluding hydrogens is 468 g/mol. The predicted molar refractivity (Wildman–Crippen MR) is 134 cm³/mol. The van der Waals surface area contributed by atoms with Gasteiger partial charge < -0.3 is 15.0 Å². The Balaban J connectivity index is 1.28. The van der Waals surface area contributed by atoms with E-state index in [1.54, 1.807) is 17.0 Å². The Morgan fingerprint density at radius 1 is 1.11 bits per heavy atom. The number of amides is 2. The molecule has 0 unspecified atom stereocenters. The SMILES string of the molecule is COc1cc(-c2cc(C(=O)N3CCC(C(=O)NC4CCN(C(C)(C)C)CC4)CC3)[nH]n2)c(Cl)cn1. The van der Waals surface area contributed by atoms with Crippen LogP contribution in [0.2, 0.25) is 5.02 Å². The molecular formula is C25H35ClN6O3. The first-order valence-corrected chi connectivity index (χ1v) is 12.6. The second-order valence-electron chi connectivity index (χ2n) is 10.4. The number of aromatic amines is 1. The van der Waals surface area contributed by atoms with Gasteiger partial charge in [-0.15, -0.1) is 0 Å². The standard InChI is InChI=1S/C25H35ClN6O3/c1-25(2,3)32-11-7-17(8-12-32)28-23(33)16-5-9-31(10-6-16)24(34)21-14-20(29-30-21)18-13-22(35-4)27-15-19(18)26/h13-17H,5-12H2,1-4H3,(H,28,33)(H,29,30). The lowest BCUT2D eigenvalue weighted by atomic mass is 9.93. The molecule has 0 aromatic carbocycles. The lowest BCUT2D eigenvalue weighted by molar-refractivity contribution is -0.127. The average molecular weight is 503 g/mol. The molecule has 0 saturated carbocycles.